The van der Waals surface area contributed by atoms with Gasteiger partial charge in [-0.25, -0.2) is 13.1 Å². The largest absolute Gasteiger partial charge is 0.340 e. The zero-order valence-electron chi connectivity index (χ0n) is 18.0. The van der Waals surface area contributed by atoms with E-state index in [2.05, 4.69) is 15.1 Å². The number of rotatable bonds is 8. The van der Waals surface area contributed by atoms with Crippen LogP contribution in [0.5, 0.6) is 0 Å². The van der Waals surface area contributed by atoms with Crippen LogP contribution in [-0.2, 0) is 26.2 Å². The molecule has 0 radical (unpaired) electrons. The normalized spacial score (nSPS) is 12.2. The van der Waals surface area contributed by atoms with Gasteiger partial charge in [0.1, 0.15) is 0 Å². The van der Waals surface area contributed by atoms with Crippen molar-refractivity contribution in [2.45, 2.75) is 31.3 Å². The zero-order chi connectivity index (χ0) is 23.3. The third-order valence-corrected chi connectivity index (χ3v) is 6.20. The number of anilines is 1. The van der Waals surface area contributed by atoms with Crippen molar-refractivity contribution in [1.29, 1.82) is 0 Å². The summed E-state index contributed by atoms with van der Waals surface area (Å²) in [6.45, 7) is 3.14. The van der Waals surface area contributed by atoms with Gasteiger partial charge in [0.25, 0.3) is 0 Å². The van der Waals surface area contributed by atoms with Gasteiger partial charge in [0.2, 0.25) is 21.8 Å². The minimum Gasteiger partial charge on any atom is -0.340 e. The summed E-state index contributed by atoms with van der Waals surface area (Å²) in [4.78, 5) is 25.3. The van der Waals surface area contributed by atoms with Gasteiger partial charge in [0, 0.05) is 38.0 Å². The van der Waals surface area contributed by atoms with Crippen molar-refractivity contribution >= 4 is 27.5 Å². The second-order valence-electron chi connectivity index (χ2n) is 7.37. The molecule has 9 nitrogen and oxygen atoms in total. The van der Waals surface area contributed by atoms with Crippen LogP contribution in [0.2, 0.25) is 0 Å². The number of hydrogen-bond acceptors (Lipinski definition) is 5. The predicted molar refractivity (Wildman–Crippen MR) is 121 cm³/mol. The second-order valence-corrected chi connectivity index (χ2v) is 9.09. The Morgan fingerprint density at radius 3 is 2.38 bits per heavy atom. The number of amides is 2. The molecule has 32 heavy (non-hydrogen) atoms. The summed E-state index contributed by atoms with van der Waals surface area (Å²) in [6, 6.07) is 14.3. The maximum Gasteiger partial charge on any atom is 0.241 e. The molecule has 3 rings (SSSR count). The van der Waals surface area contributed by atoms with Gasteiger partial charge in [-0.3, -0.25) is 9.59 Å². The smallest absolute Gasteiger partial charge is 0.241 e. The van der Waals surface area contributed by atoms with Crippen molar-refractivity contribution in [2.24, 2.45) is 0 Å². The molecule has 0 saturated carbocycles. The summed E-state index contributed by atoms with van der Waals surface area (Å²) in [5.41, 5.74) is 2.20. The fourth-order valence-electron chi connectivity index (χ4n) is 3.12. The molecule has 1 heterocycles. The lowest BCUT2D eigenvalue weighted by molar-refractivity contribution is -0.131. The molecule has 168 valence electrons. The highest BCUT2D eigenvalue weighted by Crippen LogP contribution is 2.15. The third-order valence-electron chi connectivity index (χ3n) is 4.64. The van der Waals surface area contributed by atoms with Gasteiger partial charge in [-0.05, 0) is 43.3 Å². The molecule has 2 amide bonds. The summed E-state index contributed by atoms with van der Waals surface area (Å²) in [7, 11) is -2.31. The number of benzene rings is 2. The van der Waals surface area contributed by atoms with Crippen LogP contribution >= 0.6 is 0 Å². The molecule has 0 aliphatic carbocycles. The van der Waals surface area contributed by atoms with Gasteiger partial charge < -0.3 is 10.2 Å². The van der Waals surface area contributed by atoms with E-state index in [0.717, 1.165) is 11.3 Å². The number of carbonyl (C=O) groups excluding carboxylic acids is 2. The topological polar surface area (TPSA) is 113 Å². The van der Waals surface area contributed by atoms with Crippen molar-refractivity contribution in [3.8, 4) is 5.69 Å². The number of aromatic nitrogens is 2. The first-order chi connectivity index (χ1) is 15.2. The number of sulfonamides is 1. The van der Waals surface area contributed by atoms with Gasteiger partial charge >= 0.3 is 0 Å². The first-order valence-corrected chi connectivity index (χ1v) is 11.4. The van der Waals surface area contributed by atoms with Crippen molar-refractivity contribution in [1.82, 2.24) is 19.4 Å². The molecule has 1 atom stereocenters. The number of likely N-dealkylation sites (N-methyl/N-ethyl adjacent to an activating group) is 1. The molecule has 0 saturated heterocycles. The zero-order valence-corrected chi connectivity index (χ0v) is 18.8. The average Bonchev–Trinajstić information content (AvgIpc) is 3.22. The molecule has 0 aliphatic rings. The van der Waals surface area contributed by atoms with Crippen molar-refractivity contribution < 1.29 is 18.0 Å². The van der Waals surface area contributed by atoms with E-state index in [9.17, 15) is 18.0 Å². The summed E-state index contributed by atoms with van der Waals surface area (Å²) in [6.07, 6.45) is 3.49. The maximum absolute atomic E-state index is 12.7. The number of nitrogens with one attached hydrogen (secondary N) is 2. The average molecular weight is 456 g/mol. The van der Waals surface area contributed by atoms with E-state index in [1.165, 1.54) is 43.0 Å². The Labute approximate surface area is 187 Å². The lowest BCUT2D eigenvalue weighted by Crippen LogP contribution is -2.45. The van der Waals surface area contributed by atoms with E-state index in [4.69, 9.17) is 0 Å². The quantitative estimate of drug-likeness (QED) is 0.540. The molecule has 0 unspecified atom stereocenters. The molecule has 0 spiro atoms. The van der Waals surface area contributed by atoms with Crippen LogP contribution in [0.15, 0.2) is 71.9 Å². The van der Waals surface area contributed by atoms with E-state index < -0.39 is 16.1 Å². The number of carbonyl (C=O) groups is 2. The Morgan fingerprint density at radius 2 is 1.75 bits per heavy atom. The molecule has 1 aromatic heterocycles. The Kier molecular flexibility index (Phi) is 7.06. The third kappa shape index (κ3) is 5.80. The molecule has 0 bridgehead atoms. The lowest BCUT2D eigenvalue weighted by atomic mass is 10.2. The highest BCUT2D eigenvalue weighted by Gasteiger charge is 2.24. The van der Waals surface area contributed by atoms with E-state index in [-0.39, 0.29) is 23.3 Å². The summed E-state index contributed by atoms with van der Waals surface area (Å²) < 4.78 is 29.4. The molecular formula is C22H25N5O4S. The van der Waals surface area contributed by atoms with Crippen molar-refractivity contribution in [3.05, 3.63) is 72.6 Å². The second kappa shape index (κ2) is 9.75. The van der Waals surface area contributed by atoms with E-state index in [1.807, 2.05) is 36.5 Å². The van der Waals surface area contributed by atoms with Gasteiger partial charge in [0.05, 0.1) is 22.8 Å². The Hall–Kier alpha value is -3.50. The number of para-hydroxylation sites is 1. The SMILES string of the molecule is CC(=O)Nc1ccc(S(=O)(=O)N[C@@H](C)C(=O)N(C)Cc2cnn(-c3ccccc3)c2)cc1. The van der Waals surface area contributed by atoms with Crippen LogP contribution < -0.4 is 10.0 Å². The molecule has 3 aromatic rings. The molecule has 2 aromatic carbocycles. The Balaban J connectivity index is 1.62. The highest BCUT2D eigenvalue weighted by molar-refractivity contribution is 7.89. The van der Waals surface area contributed by atoms with Gasteiger partial charge in [-0.2, -0.15) is 9.82 Å². The monoisotopic (exact) mass is 455 g/mol. The van der Waals surface area contributed by atoms with E-state index in [1.54, 1.807) is 17.9 Å². The number of nitrogens with zero attached hydrogens (tertiary/aromatic N) is 3. The minimum atomic E-state index is -3.91. The first kappa shape index (κ1) is 23.2. The van der Waals surface area contributed by atoms with Gasteiger partial charge in [-0.15, -0.1) is 0 Å². The van der Waals surface area contributed by atoms with Crippen LogP contribution in [0.1, 0.15) is 19.4 Å². The Morgan fingerprint density at radius 1 is 1.09 bits per heavy atom. The highest BCUT2D eigenvalue weighted by atomic mass is 32.2. The first-order valence-electron chi connectivity index (χ1n) is 9.89. The van der Waals surface area contributed by atoms with Crippen molar-refractivity contribution in [3.63, 3.8) is 0 Å². The molecule has 10 heteroatoms. The summed E-state index contributed by atoms with van der Waals surface area (Å²) in [5.74, 6) is -0.633. The fraction of sp³-hybridized carbons (Fsp3) is 0.227. The van der Waals surface area contributed by atoms with Crippen LogP contribution in [-0.4, -0.2) is 48.0 Å². The lowest BCUT2D eigenvalue weighted by Gasteiger charge is -2.21. The van der Waals surface area contributed by atoms with Crippen LogP contribution in [0.4, 0.5) is 5.69 Å². The van der Waals surface area contributed by atoms with Gasteiger partial charge in [0.15, 0.2) is 0 Å². The van der Waals surface area contributed by atoms with Gasteiger partial charge in [-0.1, -0.05) is 18.2 Å². The summed E-state index contributed by atoms with van der Waals surface area (Å²) in [5, 5.41) is 6.88. The van der Waals surface area contributed by atoms with E-state index in [0.29, 0.717) is 5.69 Å². The standard InChI is InChI=1S/C22H25N5O4S/c1-16(25-32(30,31)21-11-9-19(10-12-21)24-17(2)28)22(29)26(3)14-18-13-23-27(15-18)20-7-5-4-6-8-20/h4-13,15-16,25H,14H2,1-3H3,(H,24,28)/t16-/m0/s1. The van der Waals surface area contributed by atoms with Crippen LogP contribution in [0, 0.1) is 0 Å². The predicted octanol–water partition coefficient (Wildman–Crippen LogP) is 2.16. The van der Waals surface area contributed by atoms with Crippen LogP contribution in [0.25, 0.3) is 5.69 Å². The Bertz CT molecular complexity index is 1190. The molecule has 2 N–H and O–H groups in total. The molecule has 0 aliphatic heterocycles. The van der Waals surface area contributed by atoms with Crippen molar-refractivity contribution in [2.75, 3.05) is 12.4 Å². The maximum atomic E-state index is 12.7. The minimum absolute atomic E-state index is 0.00181. The summed E-state index contributed by atoms with van der Waals surface area (Å²) >= 11 is 0. The number of hydrogen-bond donors (Lipinski definition) is 2. The molecular weight excluding hydrogens is 430 g/mol. The van der Waals surface area contributed by atoms with E-state index >= 15 is 0 Å². The van der Waals surface area contributed by atoms with Crippen LogP contribution in [0.3, 0.4) is 0 Å². The fourth-order valence-corrected chi connectivity index (χ4v) is 4.31. The molecule has 0 fully saturated rings.